The molecule has 0 bridgehead atoms. The van der Waals surface area contributed by atoms with Crippen molar-refractivity contribution in [1.82, 2.24) is 5.43 Å². The molecule has 1 unspecified atom stereocenters. The molecule has 0 radical (unpaired) electrons. The summed E-state index contributed by atoms with van der Waals surface area (Å²) in [7, 11) is 0. The number of hydrogen-bond donors (Lipinski definition) is 2. The molecule has 0 heterocycles. The fourth-order valence-electron chi connectivity index (χ4n) is 2.16. The summed E-state index contributed by atoms with van der Waals surface area (Å²) in [6, 6.07) is 8.99. The first-order chi connectivity index (χ1) is 7.29. The summed E-state index contributed by atoms with van der Waals surface area (Å²) in [4.78, 5) is 0. The van der Waals surface area contributed by atoms with Crippen LogP contribution < -0.4 is 11.3 Å². The van der Waals surface area contributed by atoms with Crippen LogP contribution in [0.2, 0.25) is 0 Å². The van der Waals surface area contributed by atoms with Gasteiger partial charge in [-0.15, -0.1) is 0 Å². The molecule has 2 nitrogen and oxygen atoms in total. The SMILES string of the molecule is Cc1ccc(C(CC2CCC2)NN)cc1. The molecule has 0 saturated heterocycles. The molecule has 0 aromatic heterocycles. The van der Waals surface area contributed by atoms with Crippen molar-refractivity contribution in [3.8, 4) is 0 Å². The lowest BCUT2D eigenvalue weighted by atomic mass is 9.80. The summed E-state index contributed by atoms with van der Waals surface area (Å²) >= 11 is 0. The van der Waals surface area contributed by atoms with Crippen molar-refractivity contribution >= 4 is 0 Å². The van der Waals surface area contributed by atoms with E-state index in [1.165, 1.54) is 36.8 Å². The van der Waals surface area contributed by atoms with Gasteiger partial charge in [0.15, 0.2) is 0 Å². The van der Waals surface area contributed by atoms with Gasteiger partial charge in [-0.2, -0.15) is 0 Å². The maximum atomic E-state index is 5.62. The number of benzene rings is 1. The van der Waals surface area contributed by atoms with Gasteiger partial charge in [0.2, 0.25) is 0 Å². The Labute approximate surface area is 91.8 Å². The van der Waals surface area contributed by atoms with Gasteiger partial charge < -0.3 is 0 Å². The van der Waals surface area contributed by atoms with Gasteiger partial charge in [-0.3, -0.25) is 11.3 Å². The minimum atomic E-state index is 0.330. The van der Waals surface area contributed by atoms with Crippen LogP contribution in [0.25, 0.3) is 0 Å². The van der Waals surface area contributed by atoms with Crippen LogP contribution in [0, 0.1) is 12.8 Å². The molecule has 0 spiro atoms. The summed E-state index contributed by atoms with van der Waals surface area (Å²) in [5.74, 6) is 6.50. The highest BCUT2D eigenvalue weighted by molar-refractivity contribution is 5.24. The first kappa shape index (κ1) is 10.7. The Morgan fingerprint density at radius 1 is 1.33 bits per heavy atom. The van der Waals surface area contributed by atoms with Gasteiger partial charge in [0.1, 0.15) is 0 Å². The maximum absolute atomic E-state index is 5.62. The van der Waals surface area contributed by atoms with Crippen molar-refractivity contribution in [1.29, 1.82) is 0 Å². The van der Waals surface area contributed by atoms with Crippen LogP contribution in [0.3, 0.4) is 0 Å². The third-order valence-corrected chi connectivity index (χ3v) is 3.47. The van der Waals surface area contributed by atoms with Crippen molar-refractivity contribution in [3.63, 3.8) is 0 Å². The van der Waals surface area contributed by atoms with Crippen LogP contribution in [-0.4, -0.2) is 0 Å². The third kappa shape index (κ3) is 2.58. The Hall–Kier alpha value is -0.860. The molecule has 2 heteroatoms. The fourth-order valence-corrected chi connectivity index (χ4v) is 2.16. The Kier molecular flexibility index (Phi) is 3.39. The van der Waals surface area contributed by atoms with Crippen molar-refractivity contribution in [2.75, 3.05) is 0 Å². The predicted molar refractivity (Wildman–Crippen MR) is 63.2 cm³/mol. The Balaban J connectivity index is 2.01. The number of hydrogen-bond acceptors (Lipinski definition) is 2. The Morgan fingerprint density at radius 3 is 2.47 bits per heavy atom. The lowest BCUT2D eigenvalue weighted by molar-refractivity contribution is 0.262. The van der Waals surface area contributed by atoms with E-state index < -0.39 is 0 Å². The van der Waals surface area contributed by atoms with Gasteiger partial charge in [0, 0.05) is 6.04 Å². The molecular weight excluding hydrogens is 184 g/mol. The van der Waals surface area contributed by atoms with Crippen molar-refractivity contribution in [2.24, 2.45) is 11.8 Å². The van der Waals surface area contributed by atoms with E-state index in [4.69, 9.17) is 5.84 Å². The van der Waals surface area contributed by atoms with E-state index in [2.05, 4.69) is 36.6 Å². The van der Waals surface area contributed by atoms with Crippen LogP contribution in [0.1, 0.15) is 42.9 Å². The van der Waals surface area contributed by atoms with Gasteiger partial charge >= 0.3 is 0 Å². The molecule has 3 N–H and O–H groups in total. The van der Waals surface area contributed by atoms with Crippen molar-refractivity contribution < 1.29 is 0 Å². The lowest BCUT2D eigenvalue weighted by Crippen LogP contribution is -2.31. The van der Waals surface area contributed by atoms with Crippen molar-refractivity contribution in [2.45, 2.75) is 38.6 Å². The Morgan fingerprint density at radius 2 is 2.00 bits per heavy atom. The molecule has 82 valence electrons. The number of aryl methyl sites for hydroxylation is 1. The molecule has 1 aromatic carbocycles. The zero-order chi connectivity index (χ0) is 10.7. The van der Waals surface area contributed by atoms with Gasteiger partial charge in [-0.1, -0.05) is 49.1 Å². The zero-order valence-corrected chi connectivity index (χ0v) is 9.37. The van der Waals surface area contributed by atoms with E-state index in [0.29, 0.717) is 6.04 Å². The third-order valence-electron chi connectivity index (χ3n) is 3.47. The molecule has 1 saturated carbocycles. The van der Waals surface area contributed by atoms with E-state index in [1.807, 2.05) is 0 Å². The average Bonchev–Trinajstić information content (AvgIpc) is 2.19. The van der Waals surface area contributed by atoms with E-state index in [-0.39, 0.29) is 0 Å². The number of rotatable bonds is 4. The smallest absolute Gasteiger partial charge is 0.0462 e. The molecule has 0 amide bonds. The van der Waals surface area contributed by atoms with E-state index in [0.717, 1.165) is 5.92 Å². The second-order valence-electron chi connectivity index (χ2n) is 4.66. The van der Waals surface area contributed by atoms with Crippen LogP contribution in [0.15, 0.2) is 24.3 Å². The quantitative estimate of drug-likeness (QED) is 0.584. The second kappa shape index (κ2) is 4.77. The van der Waals surface area contributed by atoms with E-state index in [9.17, 15) is 0 Å². The summed E-state index contributed by atoms with van der Waals surface area (Å²) < 4.78 is 0. The highest BCUT2D eigenvalue weighted by Gasteiger charge is 2.22. The standard InChI is InChI=1S/C13H20N2/c1-10-5-7-12(8-6-10)13(15-14)9-11-3-2-4-11/h5-8,11,13,15H,2-4,9,14H2,1H3. The van der Waals surface area contributed by atoms with Gasteiger partial charge in [0.25, 0.3) is 0 Å². The van der Waals surface area contributed by atoms with E-state index in [1.54, 1.807) is 0 Å². The molecule has 1 fully saturated rings. The molecule has 0 aliphatic heterocycles. The largest absolute Gasteiger partial charge is 0.271 e. The first-order valence-electron chi connectivity index (χ1n) is 5.82. The molecule has 1 aromatic rings. The number of nitrogens with two attached hydrogens (primary N) is 1. The van der Waals surface area contributed by atoms with E-state index >= 15 is 0 Å². The lowest BCUT2D eigenvalue weighted by Gasteiger charge is -2.29. The van der Waals surface area contributed by atoms with Crippen LogP contribution in [0.4, 0.5) is 0 Å². The average molecular weight is 204 g/mol. The monoisotopic (exact) mass is 204 g/mol. The molecule has 1 aliphatic carbocycles. The highest BCUT2D eigenvalue weighted by atomic mass is 15.2. The molecular formula is C13H20N2. The van der Waals surface area contributed by atoms with Gasteiger partial charge in [-0.25, -0.2) is 0 Å². The minimum Gasteiger partial charge on any atom is -0.271 e. The summed E-state index contributed by atoms with van der Waals surface area (Å²) in [6.45, 7) is 2.11. The maximum Gasteiger partial charge on any atom is 0.0462 e. The van der Waals surface area contributed by atoms with Gasteiger partial charge in [-0.05, 0) is 24.8 Å². The van der Waals surface area contributed by atoms with Crippen LogP contribution in [0.5, 0.6) is 0 Å². The zero-order valence-electron chi connectivity index (χ0n) is 9.37. The Bertz CT molecular complexity index is 301. The number of nitrogens with one attached hydrogen (secondary N) is 1. The molecule has 15 heavy (non-hydrogen) atoms. The second-order valence-corrected chi connectivity index (χ2v) is 4.66. The fraction of sp³-hybridized carbons (Fsp3) is 0.538. The molecule has 1 atom stereocenters. The van der Waals surface area contributed by atoms with Crippen LogP contribution in [-0.2, 0) is 0 Å². The highest BCUT2D eigenvalue weighted by Crippen LogP contribution is 2.34. The summed E-state index contributed by atoms with van der Waals surface area (Å²) in [5.41, 5.74) is 5.56. The van der Waals surface area contributed by atoms with Gasteiger partial charge in [0.05, 0.1) is 0 Å². The number of hydrazine groups is 1. The normalized spacial score (nSPS) is 18.5. The molecule has 2 rings (SSSR count). The predicted octanol–water partition coefficient (Wildman–Crippen LogP) is 2.69. The summed E-state index contributed by atoms with van der Waals surface area (Å²) in [5, 5.41) is 0. The summed E-state index contributed by atoms with van der Waals surface area (Å²) in [6.07, 6.45) is 5.34. The molecule has 1 aliphatic rings. The first-order valence-corrected chi connectivity index (χ1v) is 5.82. The minimum absolute atomic E-state index is 0.330. The van der Waals surface area contributed by atoms with Crippen LogP contribution >= 0.6 is 0 Å². The topological polar surface area (TPSA) is 38.0 Å². The van der Waals surface area contributed by atoms with Crippen molar-refractivity contribution in [3.05, 3.63) is 35.4 Å².